The number of benzene rings is 3. The minimum Gasteiger partial charge on any atom is -0.465 e. The first-order valence-corrected chi connectivity index (χ1v) is 22.8. The zero-order valence-corrected chi connectivity index (χ0v) is 37.6. The highest BCUT2D eigenvalue weighted by atomic mass is 16.5. The number of rotatable bonds is 14. The van der Waals surface area contributed by atoms with E-state index in [0.717, 1.165) is 71.0 Å². The van der Waals surface area contributed by atoms with Gasteiger partial charge >= 0.3 is 12.2 Å². The van der Waals surface area contributed by atoms with Gasteiger partial charge in [-0.2, -0.15) is 0 Å². The lowest BCUT2D eigenvalue weighted by Crippen LogP contribution is -2.54. The van der Waals surface area contributed by atoms with Crippen LogP contribution < -0.4 is 15.5 Å². The fraction of sp³-hybridized carbons (Fsp3) is 0.500. The third-order valence-corrected chi connectivity index (χ3v) is 14.1. The molecule has 2 aromatic heterocycles. The van der Waals surface area contributed by atoms with E-state index in [4.69, 9.17) is 24.2 Å². The maximum atomic E-state index is 13.9. The van der Waals surface area contributed by atoms with Gasteiger partial charge in [-0.1, -0.05) is 24.3 Å². The molecule has 0 radical (unpaired) electrons. The Morgan fingerprint density at radius 1 is 0.646 bits per heavy atom. The highest BCUT2D eigenvalue weighted by Gasteiger charge is 2.41. The van der Waals surface area contributed by atoms with Crippen LogP contribution in [0.2, 0.25) is 0 Å². The van der Waals surface area contributed by atoms with Gasteiger partial charge in [-0.3, -0.25) is 9.59 Å². The van der Waals surface area contributed by atoms with Gasteiger partial charge in [0.1, 0.15) is 23.7 Å². The third kappa shape index (κ3) is 8.70. The van der Waals surface area contributed by atoms with Gasteiger partial charge in [-0.05, 0) is 124 Å². The third-order valence-electron chi connectivity index (χ3n) is 14.1. The summed E-state index contributed by atoms with van der Waals surface area (Å²) in [7, 11) is 4.24. The van der Waals surface area contributed by atoms with Crippen molar-refractivity contribution in [3.05, 3.63) is 89.0 Å². The molecule has 0 spiro atoms. The minimum absolute atomic E-state index is 0.0452. The molecule has 5 heterocycles. The summed E-state index contributed by atoms with van der Waals surface area (Å²) in [6, 6.07) is 19.4. The maximum absolute atomic E-state index is 13.9. The predicted molar refractivity (Wildman–Crippen MR) is 242 cm³/mol. The molecule has 65 heavy (non-hydrogen) atoms. The molecule has 5 aromatic rings. The van der Waals surface area contributed by atoms with Gasteiger partial charge in [0.2, 0.25) is 11.8 Å². The van der Waals surface area contributed by atoms with E-state index in [0.29, 0.717) is 37.1 Å². The quantitative estimate of drug-likeness (QED) is 0.0756. The summed E-state index contributed by atoms with van der Waals surface area (Å²) in [5, 5.41) is 14.5. The molecule has 3 saturated heterocycles. The van der Waals surface area contributed by atoms with Crippen LogP contribution in [0.15, 0.2) is 60.7 Å². The molecule has 8 atom stereocenters. The average molecular weight is 890 g/mol. The number of nitrogens with zero attached hydrogens (tertiary/aromatic N) is 5. The molecule has 4 aliphatic rings. The number of alkyl carbamates (subject to hydrolysis) is 1. The number of carboxylic acid groups (broad SMARTS) is 1. The number of ether oxygens (including phenoxy) is 3. The number of methoxy groups -OCH3 is 3. The van der Waals surface area contributed by atoms with Gasteiger partial charge in [0, 0.05) is 33.0 Å². The topological polar surface area (TPSA) is 207 Å². The summed E-state index contributed by atoms with van der Waals surface area (Å²) < 4.78 is 15.7. The van der Waals surface area contributed by atoms with Gasteiger partial charge in [0.15, 0.2) is 0 Å². The van der Waals surface area contributed by atoms with Crippen molar-refractivity contribution < 1.29 is 38.5 Å². The first-order valence-electron chi connectivity index (χ1n) is 22.8. The Labute approximate surface area is 377 Å². The van der Waals surface area contributed by atoms with Crippen molar-refractivity contribution in [2.45, 2.75) is 120 Å². The lowest BCUT2D eigenvalue weighted by Gasteiger charge is -2.33. The van der Waals surface area contributed by atoms with Crippen LogP contribution in [0.1, 0.15) is 124 Å². The smallest absolute Gasteiger partial charge is 0.407 e. The lowest BCUT2D eigenvalue weighted by molar-refractivity contribution is -0.138. The van der Waals surface area contributed by atoms with E-state index >= 15 is 0 Å². The number of carbonyl (C=O) groups excluding carboxylic acids is 3. The van der Waals surface area contributed by atoms with Crippen molar-refractivity contribution in [1.82, 2.24) is 40.4 Å². The van der Waals surface area contributed by atoms with Crippen LogP contribution >= 0.6 is 0 Å². The number of hydrogen-bond donors (Lipinski definition) is 5. The zero-order valence-electron chi connectivity index (χ0n) is 37.6. The summed E-state index contributed by atoms with van der Waals surface area (Å²) in [4.78, 5) is 74.8. The summed E-state index contributed by atoms with van der Waals surface area (Å²) >= 11 is 0. The number of amides is 4. The Kier molecular flexibility index (Phi) is 12.4. The van der Waals surface area contributed by atoms with Crippen molar-refractivity contribution in [3.63, 3.8) is 0 Å². The van der Waals surface area contributed by atoms with Gasteiger partial charge in [0.05, 0.1) is 65.6 Å². The van der Waals surface area contributed by atoms with E-state index in [1.165, 1.54) is 39.7 Å². The van der Waals surface area contributed by atoms with Crippen LogP contribution in [0.4, 0.5) is 15.3 Å². The Hall–Kier alpha value is -6.20. The standard InChI is InChI=1S/C48H59N9O8/c1-26(63-3)41(53-47(60)61)45(58)55-22-6-8-39(55)43-49-33-18-14-30(24-35(33)51-43)37-20-21-38(57(37)32-16-12-29(13-17-32)28-10-11-28)31-15-19-34-36(25-31)52-44(50-34)40-9-7-23-56(40)46(59)42(27(2)64-4)54-48(62)65-5/h12-19,24-28,37-42,53H,6-11,20-23H2,1-5H3,(H,49,51)(H,50,52)(H,54,62)(H,60,61)/t26-,27-,37+,38+,39+,40+,41+,42+/m1/s1. The average Bonchev–Trinajstić information content (AvgIpc) is 3.86. The van der Waals surface area contributed by atoms with E-state index in [2.05, 4.69) is 86.2 Å². The molecule has 3 aromatic carbocycles. The number of nitrogens with one attached hydrogen (secondary N) is 4. The molecule has 5 N–H and O–H groups in total. The van der Waals surface area contributed by atoms with E-state index in [1.54, 1.807) is 23.6 Å². The molecular weight excluding hydrogens is 831 g/mol. The molecule has 0 unspecified atom stereocenters. The van der Waals surface area contributed by atoms with Gasteiger partial charge < -0.3 is 54.6 Å². The Bertz CT molecular complexity index is 2560. The number of likely N-dealkylation sites (tertiary alicyclic amines) is 2. The van der Waals surface area contributed by atoms with Crippen molar-refractivity contribution in [1.29, 1.82) is 0 Å². The zero-order chi connectivity index (χ0) is 45.5. The molecule has 4 amide bonds. The predicted octanol–water partition coefficient (Wildman–Crippen LogP) is 7.16. The van der Waals surface area contributed by atoms with Gasteiger partial charge in [0.25, 0.3) is 0 Å². The summed E-state index contributed by atoms with van der Waals surface area (Å²) in [5.41, 5.74) is 8.19. The molecule has 344 valence electrons. The van der Waals surface area contributed by atoms with E-state index in [9.17, 15) is 24.3 Å². The second kappa shape index (κ2) is 18.4. The van der Waals surface area contributed by atoms with Crippen LogP contribution in [-0.4, -0.2) is 118 Å². The van der Waals surface area contributed by atoms with E-state index in [-0.39, 0.29) is 36.0 Å². The minimum atomic E-state index is -1.28. The summed E-state index contributed by atoms with van der Waals surface area (Å²) in [6.45, 7) is 4.45. The number of H-pyrrole nitrogens is 2. The summed E-state index contributed by atoms with van der Waals surface area (Å²) in [5.74, 6) is 1.45. The summed E-state index contributed by atoms with van der Waals surface area (Å²) in [6.07, 6.45) is 4.08. The molecule has 1 aliphatic carbocycles. The SMILES string of the molecule is COC(=O)N[C@H](C(=O)N1CCC[C@H]1c1nc2cc([C@@H]3CC[C@@H](c4ccc5[nH]c([C@@H]6CCCN6C(=O)[C@@H](NC(=O)O)[C@@H](C)OC)nc5c4)N3c3ccc(C4CC4)cc3)ccc2[nH]1)[C@@H](C)OC. The van der Waals surface area contributed by atoms with Crippen molar-refractivity contribution >= 4 is 51.8 Å². The maximum Gasteiger partial charge on any atom is 0.407 e. The van der Waals surface area contributed by atoms with Crippen LogP contribution in [0.3, 0.4) is 0 Å². The largest absolute Gasteiger partial charge is 0.465 e. The number of carbonyl (C=O) groups is 4. The second-order valence-electron chi connectivity index (χ2n) is 18.0. The van der Waals surface area contributed by atoms with Crippen LogP contribution in [0, 0.1) is 0 Å². The Balaban J connectivity index is 0.995. The number of fused-ring (bicyclic) bond motifs is 2. The fourth-order valence-corrected chi connectivity index (χ4v) is 10.3. The molecule has 4 fully saturated rings. The molecule has 17 nitrogen and oxygen atoms in total. The molecule has 1 saturated carbocycles. The highest BCUT2D eigenvalue weighted by molar-refractivity contribution is 5.88. The second-order valence-corrected chi connectivity index (χ2v) is 18.0. The Morgan fingerprint density at radius 2 is 1.12 bits per heavy atom. The van der Waals surface area contributed by atoms with Crippen LogP contribution in [-0.2, 0) is 23.8 Å². The van der Waals surface area contributed by atoms with Crippen molar-refractivity contribution in [3.8, 4) is 0 Å². The van der Waals surface area contributed by atoms with E-state index in [1.807, 2.05) is 0 Å². The molecular formula is C48H59N9O8. The molecule has 3 aliphatic heterocycles. The lowest BCUT2D eigenvalue weighted by atomic mass is 10.0. The fourth-order valence-electron chi connectivity index (χ4n) is 10.3. The molecule has 17 heteroatoms. The van der Waals surface area contributed by atoms with Crippen molar-refractivity contribution in [2.24, 2.45) is 0 Å². The van der Waals surface area contributed by atoms with Gasteiger partial charge in [-0.25, -0.2) is 19.6 Å². The Morgan fingerprint density at radius 3 is 1.57 bits per heavy atom. The normalized spacial score (nSPS) is 22.9. The van der Waals surface area contributed by atoms with Crippen LogP contribution in [0.5, 0.6) is 0 Å². The van der Waals surface area contributed by atoms with Crippen molar-refractivity contribution in [2.75, 3.05) is 39.3 Å². The number of aromatic amines is 2. The monoisotopic (exact) mass is 889 g/mol. The molecule has 9 rings (SSSR count). The first kappa shape index (κ1) is 44.0. The first-order chi connectivity index (χ1) is 31.5. The van der Waals surface area contributed by atoms with Crippen LogP contribution in [0.25, 0.3) is 22.1 Å². The number of anilines is 1. The van der Waals surface area contributed by atoms with E-state index < -0.39 is 36.5 Å². The number of imidazole rings is 2. The molecule has 0 bridgehead atoms. The van der Waals surface area contributed by atoms with Gasteiger partial charge in [-0.15, -0.1) is 0 Å². The number of aromatic nitrogens is 4. The highest BCUT2D eigenvalue weighted by Crippen LogP contribution is 2.49. The number of hydrogen-bond acceptors (Lipinski definition) is 10.